The second-order valence-electron chi connectivity index (χ2n) is 9.06. The predicted octanol–water partition coefficient (Wildman–Crippen LogP) is 2.66. The molecule has 0 saturated carbocycles. The van der Waals surface area contributed by atoms with Gasteiger partial charge >= 0.3 is 11.8 Å². The Bertz CT molecular complexity index is 968. The van der Waals surface area contributed by atoms with Gasteiger partial charge in [0, 0.05) is 24.6 Å². The summed E-state index contributed by atoms with van der Waals surface area (Å²) in [5.41, 5.74) is 3.45. The van der Waals surface area contributed by atoms with E-state index in [0.717, 1.165) is 36.1 Å². The summed E-state index contributed by atoms with van der Waals surface area (Å²) < 4.78 is 0. The molecule has 0 radical (unpaired) electrons. The fraction of sp³-hybridized carbons (Fsp3) is 0.500. The second kappa shape index (κ2) is 8.65. The van der Waals surface area contributed by atoms with Crippen molar-refractivity contribution in [2.45, 2.75) is 58.5 Å². The van der Waals surface area contributed by atoms with Crippen LogP contribution < -0.4 is 10.6 Å². The number of amides is 3. The smallest absolute Gasteiger partial charge is 0.313 e. The van der Waals surface area contributed by atoms with E-state index in [-0.39, 0.29) is 23.9 Å². The molecule has 2 unspecified atom stereocenters. The molecule has 0 spiro atoms. The summed E-state index contributed by atoms with van der Waals surface area (Å²) in [5.74, 6) is -0.477. The fourth-order valence-electron chi connectivity index (χ4n) is 4.71. The molecule has 4 atom stereocenters. The maximum absolute atomic E-state index is 13.2. The molecule has 4 rings (SSSR count). The molecule has 3 heterocycles. The molecule has 0 bridgehead atoms. The quantitative estimate of drug-likeness (QED) is 0.717. The van der Waals surface area contributed by atoms with Crippen LogP contribution in [0.4, 0.5) is 5.69 Å². The highest BCUT2D eigenvalue weighted by Gasteiger charge is 2.37. The van der Waals surface area contributed by atoms with E-state index in [0.29, 0.717) is 24.6 Å². The van der Waals surface area contributed by atoms with E-state index >= 15 is 0 Å². The van der Waals surface area contributed by atoms with Crippen molar-refractivity contribution in [1.29, 1.82) is 0 Å². The fourth-order valence-corrected chi connectivity index (χ4v) is 4.71. The lowest BCUT2D eigenvalue weighted by molar-refractivity contribution is -0.145. The third kappa shape index (κ3) is 4.55. The van der Waals surface area contributed by atoms with Crippen LogP contribution in [0.5, 0.6) is 0 Å². The summed E-state index contributed by atoms with van der Waals surface area (Å²) in [5, 5.41) is 5.73. The lowest BCUT2D eigenvalue weighted by atomic mass is 9.80. The number of likely N-dealkylation sites (tertiary alicyclic amines) is 1. The van der Waals surface area contributed by atoms with Crippen LogP contribution in [0.1, 0.15) is 43.9 Å². The number of nitrogens with one attached hydrogen (secondary N) is 2. The van der Waals surface area contributed by atoms with Gasteiger partial charge in [-0.05, 0) is 56.2 Å². The lowest BCUT2D eigenvalue weighted by Crippen LogP contribution is -2.52. The molecule has 164 valence electrons. The first-order valence-corrected chi connectivity index (χ1v) is 11.1. The van der Waals surface area contributed by atoms with Crippen molar-refractivity contribution in [2.24, 2.45) is 11.8 Å². The molecule has 31 heavy (non-hydrogen) atoms. The Hall–Kier alpha value is -2.96. The number of fused-ring (bicyclic) bond motifs is 1. The molecule has 2 saturated heterocycles. The number of anilines is 1. The van der Waals surface area contributed by atoms with Crippen LogP contribution in [0.15, 0.2) is 36.1 Å². The van der Waals surface area contributed by atoms with E-state index < -0.39 is 11.8 Å². The van der Waals surface area contributed by atoms with Crippen molar-refractivity contribution in [2.75, 3.05) is 11.9 Å². The first-order chi connectivity index (χ1) is 14.8. The number of aryl methyl sites for hydroxylation is 2. The van der Waals surface area contributed by atoms with Gasteiger partial charge in [0.15, 0.2) is 0 Å². The van der Waals surface area contributed by atoms with E-state index in [2.05, 4.69) is 28.6 Å². The Kier molecular flexibility index (Phi) is 5.94. The molecular formula is C24H30N4O3. The van der Waals surface area contributed by atoms with Crippen LogP contribution >= 0.6 is 0 Å². The summed E-state index contributed by atoms with van der Waals surface area (Å²) in [4.78, 5) is 43.6. The topological polar surface area (TPSA) is 91.4 Å². The van der Waals surface area contributed by atoms with E-state index in [9.17, 15) is 14.4 Å². The SMILES string of the molecule is Cc1cc(NC(=O)C(=O)N2C[C@@H](C)CC[C@@H]2C2=CC3CCC(=O)NC3C=C2)cnc1C. The van der Waals surface area contributed by atoms with Crippen LogP contribution in [0.25, 0.3) is 0 Å². The van der Waals surface area contributed by atoms with Crippen molar-refractivity contribution in [3.63, 3.8) is 0 Å². The Morgan fingerprint density at radius 1 is 1.23 bits per heavy atom. The van der Waals surface area contributed by atoms with Gasteiger partial charge in [-0.2, -0.15) is 0 Å². The predicted molar refractivity (Wildman–Crippen MR) is 118 cm³/mol. The Morgan fingerprint density at radius 3 is 2.81 bits per heavy atom. The normalized spacial score (nSPS) is 27.8. The highest BCUT2D eigenvalue weighted by molar-refractivity contribution is 6.39. The molecule has 1 aliphatic carbocycles. The molecule has 1 aromatic heterocycles. The van der Waals surface area contributed by atoms with Crippen molar-refractivity contribution in [3.05, 3.63) is 47.3 Å². The zero-order chi connectivity index (χ0) is 22.1. The van der Waals surface area contributed by atoms with Crippen molar-refractivity contribution < 1.29 is 14.4 Å². The lowest BCUT2D eigenvalue weighted by Gasteiger charge is -2.41. The van der Waals surface area contributed by atoms with Gasteiger partial charge in [0.05, 0.1) is 24.0 Å². The summed E-state index contributed by atoms with van der Waals surface area (Å²) in [7, 11) is 0. The molecule has 7 heteroatoms. The van der Waals surface area contributed by atoms with Gasteiger partial charge in [-0.3, -0.25) is 19.4 Å². The van der Waals surface area contributed by atoms with Gasteiger partial charge in [0.25, 0.3) is 0 Å². The van der Waals surface area contributed by atoms with Gasteiger partial charge < -0.3 is 15.5 Å². The molecular weight excluding hydrogens is 392 g/mol. The number of pyridine rings is 1. The minimum atomic E-state index is -0.632. The maximum Gasteiger partial charge on any atom is 0.313 e. The van der Waals surface area contributed by atoms with Crippen LogP contribution in [0, 0.1) is 25.7 Å². The molecule has 7 nitrogen and oxygen atoms in total. The largest absolute Gasteiger partial charge is 0.349 e. The second-order valence-corrected chi connectivity index (χ2v) is 9.06. The number of hydrogen-bond donors (Lipinski definition) is 2. The first kappa shape index (κ1) is 21.3. The molecule has 2 fully saturated rings. The van der Waals surface area contributed by atoms with Crippen molar-refractivity contribution in [1.82, 2.24) is 15.2 Å². The molecule has 2 aliphatic heterocycles. The summed E-state index contributed by atoms with van der Waals surface area (Å²) in [6.45, 7) is 6.49. The highest BCUT2D eigenvalue weighted by Crippen LogP contribution is 2.33. The van der Waals surface area contributed by atoms with Crippen molar-refractivity contribution >= 4 is 23.4 Å². The summed E-state index contributed by atoms with van der Waals surface area (Å²) in [6.07, 6.45) is 11.0. The van der Waals surface area contributed by atoms with E-state index in [1.54, 1.807) is 11.1 Å². The van der Waals surface area contributed by atoms with Gasteiger partial charge in [0.2, 0.25) is 5.91 Å². The van der Waals surface area contributed by atoms with Crippen LogP contribution in [-0.2, 0) is 14.4 Å². The van der Waals surface area contributed by atoms with Gasteiger partial charge in [-0.15, -0.1) is 0 Å². The average molecular weight is 423 g/mol. The van der Waals surface area contributed by atoms with Crippen molar-refractivity contribution in [3.8, 4) is 0 Å². The van der Waals surface area contributed by atoms with Gasteiger partial charge in [0.1, 0.15) is 0 Å². The highest BCUT2D eigenvalue weighted by atomic mass is 16.2. The average Bonchev–Trinajstić information content (AvgIpc) is 2.75. The van der Waals surface area contributed by atoms with Gasteiger partial charge in [-0.25, -0.2) is 0 Å². The zero-order valence-corrected chi connectivity index (χ0v) is 18.4. The van der Waals surface area contributed by atoms with E-state index in [1.807, 2.05) is 32.1 Å². The third-order valence-electron chi connectivity index (χ3n) is 6.65. The third-order valence-corrected chi connectivity index (χ3v) is 6.65. The van der Waals surface area contributed by atoms with Crippen LogP contribution in [0.3, 0.4) is 0 Å². The Labute approximate surface area is 183 Å². The van der Waals surface area contributed by atoms with Gasteiger partial charge in [-0.1, -0.05) is 25.2 Å². The standard InChI is InChI=1S/C24H30N4O3/c1-14-4-8-21(18-5-7-20-17(11-18)6-9-22(29)27-20)28(13-14)24(31)23(30)26-19-10-15(2)16(3)25-12-19/h5,7,10-12,14,17,20-21H,4,6,8-9,13H2,1-3H3,(H,26,30)(H,27,29)/t14-,17?,20?,21+/m0/s1. The molecule has 1 aromatic rings. The number of hydrogen-bond acceptors (Lipinski definition) is 4. The minimum Gasteiger partial charge on any atom is -0.349 e. The number of carbonyl (C=O) groups excluding carboxylic acids is 3. The molecule has 0 aromatic carbocycles. The van der Waals surface area contributed by atoms with Crippen LogP contribution in [0.2, 0.25) is 0 Å². The molecule has 2 N–H and O–H groups in total. The van der Waals surface area contributed by atoms with Crippen LogP contribution in [-0.4, -0.2) is 46.2 Å². The number of nitrogens with zero attached hydrogens (tertiary/aromatic N) is 2. The number of rotatable bonds is 2. The maximum atomic E-state index is 13.2. The van der Waals surface area contributed by atoms with E-state index in [4.69, 9.17) is 0 Å². The molecule has 3 aliphatic rings. The zero-order valence-electron chi connectivity index (χ0n) is 18.4. The number of aromatic nitrogens is 1. The number of carbonyl (C=O) groups is 3. The Morgan fingerprint density at radius 2 is 2.03 bits per heavy atom. The monoisotopic (exact) mass is 422 g/mol. The van der Waals surface area contributed by atoms with E-state index in [1.165, 1.54) is 0 Å². The summed E-state index contributed by atoms with van der Waals surface area (Å²) >= 11 is 0. The minimum absolute atomic E-state index is 0.0252. The summed E-state index contributed by atoms with van der Waals surface area (Å²) in [6, 6.07) is 1.73. The molecule has 3 amide bonds. The first-order valence-electron chi connectivity index (χ1n) is 11.1. The Balaban J connectivity index is 1.51. The number of piperidine rings is 2.